The van der Waals surface area contributed by atoms with E-state index >= 15 is 0 Å². The molecule has 5 nitrogen and oxygen atoms in total. The highest BCUT2D eigenvalue weighted by Crippen LogP contribution is 2.24. The van der Waals surface area contributed by atoms with Crippen LogP contribution in [0.4, 0.5) is 0 Å². The van der Waals surface area contributed by atoms with Crippen molar-refractivity contribution in [3.63, 3.8) is 0 Å². The van der Waals surface area contributed by atoms with Crippen LogP contribution in [-0.4, -0.2) is 28.6 Å². The van der Waals surface area contributed by atoms with Crippen molar-refractivity contribution in [2.24, 2.45) is 5.73 Å². The summed E-state index contributed by atoms with van der Waals surface area (Å²) in [7, 11) is 1.65. The number of nitrogens with zero attached hydrogens (tertiary/aromatic N) is 2. The molecule has 0 spiro atoms. The molecule has 3 aromatic rings. The van der Waals surface area contributed by atoms with Crippen LogP contribution in [0, 0.1) is 0 Å². The molecule has 3 rings (SSSR count). The van der Waals surface area contributed by atoms with Gasteiger partial charge in [-0.05, 0) is 18.7 Å². The Bertz CT molecular complexity index is 704. The fraction of sp³-hybridized carbons (Fsp3) is 0.231. The summed E-state index contributed by atoms with van der Waals surface area (Å²) in [5, 5.41) is 3.04. The van der Waals surface area contributed by atoms with Gasteiger partial charge >= 0.3 is 0 Å². The maximum atomic E-state index is 5.53. The second kappa shape index (κ2) is 4.99. The van der Waals surface area contributed by atoms with Crippen molar-refractivity contribution in [1.82, 2.24) is 15.0 Å². The molecule has 0 saturated carbocycles. The first kappa shape index (κ1) is 12.1. The van der Waals surface area contributed by atoms with Crippen molar-refractivity contribution in [1.29, 1.82) is 0 Å². The molecule has 2 heterocycles. The normalized spacial score (nSPS) is 11.1. The number of ether oxygens (including phenoxy) is 1. The van der Waals surface area contributed by atoms with Gasteiger partial charge in [0.15, 0.2) is 5.82 Å². The molecule has 19 heavy (non-hydrogen) atoms. The Hall–Kier alpha value is -1.92. The summed E-state index contributed by atoms with van der Waals surface area (Å²) in [4.78, 5) is 12.3. The number of rotatable bonds is 4. The summed E-state index contributed by atoms with van der Waals surface area (Å²) in [5.74, 6) is 1.59. The Morgan fingerprint density at radius 3 is 3.05 bits per heavy atom. The zero-order valence-electron chi connectivity index (χ0n) is 10.5. The van der Waals surface area contributed by atoms with E-state index < -0.39 is 0 Å². The quantitative estimate of drug-likeness (QED) is 0.764. The lowest BCUT2D eigenvalue weighted by molar-refractivity contribution is 0.415. The van der Waals surface area contributed by atoms with Gasteiger partial charge in [0.05, 0.1) is 23.2 Å². The summed E-state index contributed by atoms with van der Waals surface area (Å²) >= 11 is 1.61. The van der Waals surface area contributed by atoms with Crippen molar-refractivity contribution < 1.29 is 4.74 Å². The lowest BCUT2D eigenvalue weighted by Gasteiger charge is -1.96. The summed E-state index contributed by atoms with van der Waals surface area (Å²) in [6.07, 6.45) is 0.804. The molecule has 6 heteroatoms. The molecule has 0 unspecified atom stereocenters. The Kier molecular flexibility index (Phi) is 3.18. The van der Waals surface area contributed by atoms with Gasteiger partial charge in [-0.1, -0.05) is 0 Å². The fourth-order valence-electron chi connectivity index (χ4n) is 1.89. The molecule has 98 valence electrons. The molecule has 0 atom stereocenters. The molecule has 0 amide bonds. The Balaban J connectivity index is 1.99. The minimum atomic E-state index is 0.615. The molecule has 1 aromatic carbocycles. The summed E-state index contributed by atoms with van der Waals surface area (Å²) in [5.41, 5.74) is 8.25. The van der Waals surface area contributed by atoms with Gasteiger partial charge < -0.3 is 15.5 Å². The maximum Gasteiger partial charge on any atom is 0.158 e. The summed E-state index contributed by atoms with van der Waals surface area (Å²) in [6.45, 7) is 0.615. The van der Waals surface area contributed by atoms with Gasteiger partial charge in [-0.25, -0.2) is 9.97 Å². The van der Waals surface area contributed by atoms with Crippen LogP contribution < -0.4 is 10.5 Å². The monoisotopic (exact) mass is 274 g/mol. The van der Waals surface area contributed by atoms with Crippen molar-refractivity contribution in [2.45, 2.75) is 6.42 Å². The van der Waals surface area contributed by atoms with E-state index in [4.69, 9.17) is 10.5 Å². The number of thiazole rings is 1. The van der Waals surface area contributed by atoms with Crippen LogP contribution in [0.25, 0.3) is 22.6 Å². The van der Waals surface area contributed by atoms with Gasteiger partial charge in [-0.2, -0.15) is 0 Å². The summed E-state index contributed by atoms with van der Waals surface area (Å²) in [6, 6.07) is 5.76. The van der Waals surface area contributed by atoms with E-state index in [1.165, 1.54) is 0 Å². The maximum absolute atomic E-state index is 5.53. The first-order valence-corrected chi connectivity index (χ1v) is 6.86. The molecular weight excluding hydrogens is 260 g/mol. The van der Waals surface area contributed by atoms with Crippen molar-refractivity contribution in [2.75, 3.05) is 13.7 Å². The van der Waals surface area contributed by atoms with Crippen LogP contribution in [-0.2, 0) is 6.42 Å². The first-order chi connectivity index (χ1) is 9.30. The van der Waals surface area contributed by atoms with Crippen LogP contribution in [0.1, 0.15) is 5.01 Å². The third-order valence-corrected chi connectivity index (χ3v) is 3.75. The van der Waals surface area contributed by atoms with Crippen LogP contribution in [0.2, 0.25) is 0 Å². The Morgan fingerprint density at radius 1 is 1.37 bits per heavy atom. The van der Waals surface area contributed by atoms with Crippen LogP contribution in [0.15, 0.2) is 23.6 Å². The van der Waals surface area contributed by atoms with Crippen molar-refractivity contribution in [3.05, 3.63) is 28.6 Å². The second-order valence-electron chi connectivity index (χ2n) is 4.13. The highest BCUT2D eigenvalue weighted by Gasteiger charge is 2.09. The average molecular weight is 274 g/mol. The Morgan fingerprint density at radius 2 is 2.26 bits per heavy atom. The van der Waals surface area contributed by atoms with Crippen LogP contribution in [0.5, 0.6) is 5.75 Å². The standard InChI is InChI=1S/C13H14N4OS/c1-18-8-2-3-9-10(6-8)17-13(16-9)11-7-19-12(15-11)4-5-14/h2-3,6-7H,4-5,14H2,1H3,(H,16,17). The molecule has 0 fully saturated rings. The molecule has 0 saturated heterocycles. The van der Waals surface area contributed by atoms with E-state index in [1.54, 1.807) is 18.4 Å². The van der Waals surface area contributed by atoms with Gasteiger partial charge in [0.1, 0.15) is 11.4 Å². The number of nitrogens with one attached hydrogen (secondary N) is 1. The average Bonchev–Trinajstić information content (AvgIpc) is 3.03. The zero-order chi connectivity index (χ0) is 13.2. The number of imidazole rings is 1. The van der Waals surface area contributed by atoms with E-state index in [0.717, 1.165) is 39.7 Å². The lowest BCUT2D eigenvalue weighted by atomic mass is 10.3. The predicted octanol–water partition coefficient (Wildman–Crippen LogP) is 2.20. The number of aromatic nitrogens is 3. The molecular formula is C13H14N4OS. The van der Waals surface area contributed by atoms with E-state index in [0.29, 0.717) is 6.54 Å². The van der Waals surface area contributed by atoms with E-state index in [1.807, 2.05) is 23.6 Å². The lowest BCUT2D eigenvalue weighted by Crippen LogP contribution is -2.02. The number of nitrogens with two attached hydrogens (primary N) is 1. The van der Waals surface area contributed by atoms with E-state index in [-0.39, 0.29) is 0 Å². The van der Waals surface area contributed by atoms with E-state index in [9.17, 15) is 0 Å². The van der Waals surface area contributed by atoms with Gasteiger partial charge in [0, 0.05) is 17.9 Å². The highest BCUT2D eigenvalue weighted by molar-refractivity contribution is 7.09. The Labute approximate surface area is 114 Å². The number of benzene rings is 1. The molecule has 0 aliphatic rings. The van der Waals surface area contributed by atoms with E-state index in [2.05, 4.69) is 15.0 Å². The number of hydrogen-bond acceptors (Lipinski definition) is 5. The molecule has 0 aliphatic carbocycles. The second-order valence-corrected chi connectivity index (χ2v) is 5.08. The molecule has 2 aromatic heterocycles. The zero-order valence-corrected chi connectivity index (χ0v) is 11.3. The molecule has 0 aliphatic heterocycles. The number of aromatic amines is 1. The molecule has 0 bridgehead atoms. The smallest absolute Gasteiger partial charge is 0.158 e. The number of fused-ring (bicyclic) bond motifs is 1. The van der Waals surface area contributed by atoms with Crippen LogP contribution >= 0.6 is 11.3 Å². The summed E-state index contributed by atoms with van der Waals surface area (Å²) < 4.78 is 5.20. The number of hydrogen-bond donors (Lipinski definition) is 2. The largest absolute Gasteiger partial charge is 0.497 e. The highest BCUT2D eigenvalue weighted by atomic mass is 32.1. The van der Waals surface area contributed by atoms with Gasteiger partial charge in [-0.15, -0.1) is 11.3 Å². The first-order valence-electron chi connectivity index (χ1n) is 5.99. The van der Waals surface area contributed by atoms with Crippen LogP contribution in [0.3, 0.4) is 0 Å². The predicted molar refractivity (Wildman–Crippen MR) is 76.5 cm³/mol. The molecule has 3 N–H and O–H groups in total. The minimum absolute atomic E-state index is 0.615. The van der Waals surface area contributed by atoms with Gasteiger partial charge in [0.2, 0.25) is 0 Å². The third kappa shape index (κ3) is 2.32. The van der Waals surface area contributed by atoms with Gasteiger partial charge in [0.25, 0.3) is 0 Å². The van der Waals surface area contributed by atoms with Crippen molar-refractivity contribution in [3.8, 4) is 17.3 Å². The number of H-pyrrole nitrogens is 1. The third-order valence-electron chi connectivity index (χ3n) is 2.84. The molecule has 0 radical (unpaired) electrons. The van der Waals surface area contributed by atoms with Gasteiger partial charge in [-0.3, -0.25) is 0 Å². The fourth-order valence-corrected chi connectivity index (χ4v) is 2.69. The SMILES string of the molecule is COc1ccc2nc(-c3csc(CCN)n3)[nH]c2c1. The van der Waals surface area contributed by atoms with Crippen molar-refractivity contribution >= 4 is 22.4 Å². The topological polar surface area (TPSA) is 76.8 Å². The minimum Gasteiger partial charge on any atom is -0.497 e. The number of methoxy groups -OCH3 is 1.